The zero-order valence-corrected chi connectivity index (χ0v) is 14.9. The Morgan fingerprint density at radius 3 is 2.81 bits per heavy atom. The van der Waals surface area contributed by atoms with Crippen molar-refractivity contribution in [2.45, 2.75) is 13.0 Å². The van der Waals surface area contributed by atoms with Gasteiger partial charge in [-0.05, 0) is 31.2 Å². The van der Waals surface area contributed by atoms with E-state index in [1.165, 1.54) is 23.7 Å². The highest BCUT2D eigenvalue weighted by Gasteiger charge is 2.19. The first kappa shape index (κ1) is 17.6. The van der Waals surface area contributed by atoms with Crippen LogP contribution in [0, 0.1) is 0 Å². The van der Waals surface area contributed by atoms with Crippen LogP contribution in [0.4, 0.5) is 5.13 Å². The molecule has 2 aromatic heterocycles. The molecule has 0 saturated heterocycles. The molecule has 3 rings (SSSR count). The molecule has 26 heavy (non-hydrogen) atoms. The minimum atomic E-state index is -0.767. The number of furan rings is 1. The number of hydrogen-bond acceptors (Lipinski definition) is 7. The van der Waals surface area contributed by atoms with Crippen molar-refractivity contribution in [2.75, 3.05) is 12.4 Å². The average Bonchev–Trinajstić information content (AvgIpc) is 3.33. The summed E-state index contributed by atoms with van der Waals surface area (Å²) in [5, 5.41) is 14.2. The first-order chi connectivity index (χ1) is 12.6. The quantitative estimate of drug-likeness (QED) is 0.689. The average molecular weight is 372 g/mol. The van der Waals surface area contributed by atoms with Crippen LogP contribution in [-0.2, 0) is 4.79 Å². The maximum Gasteiger partial charge on any atom is 0.287 e. The van der Waals surface area contributed by atoms with Crippen LogP contribution in [0.1, 0.15) is 17.5 Å². The van der Waals surface area contributed by atoms with Crippen molar-refractivity contribution in [3.8, 4) is 16.3 Å². The molecule has 9 heteroatoms. The van der Waals surface area contributed by atoms with Gasteiger partial charge >= 0.3 is 0 Å². The molecule has 0 spiro atoms. The molecule has 0 aliphatic heterocycles. The zero-order valence-electron chi connectivity index (χ0n) is 14.1. The normalized spacial score (nSPS) is 11.6. The van der Waals surface area contributed by atoms with E-state index < -0.39 is 17.9 Å². The molecule has 0 aliphatic rings. The number of anilines is 1. The smallest absolute Gasteiger partial charge is 0.287 e. The molecule has 0 radical (unpaired) electrons. The van der Waals surface area contributed by atoms with Gasteiger partial charge in [0.2, 0.25) is 11.0 Å². The predicted octanol–water partition coefficient (Wildman–Crippen LogP) is 2.56. The van der Waals surface area contributed by atoms with Gasteiger partial charge in [-0.2, -0.15) is 0 Å². The molecule has 8 nitrogen and oxygen atoms in total. The van der Waals surface area contributed by atoms with Crippen LogP contribution in [0.15, 0.2) is 47.1 Å². The largest absolute Gasteiger partial charge is 0.497 e. The topological polar surface area (TPSA) is 106 Å². The van der Waals surface area contributed by atoms with Crippen molar-refractivity contribution in [2.24, 2.45) is 0 Å². The van der Waals surface area contributed by atoms with E-state index in [1.54, 1.807) is 20.1 Å². The highest BCUT2D eigenvalue weighted by Crippen LogP contribution is 2.28. The second-order valence-corrected chi connectivity index (χ2v) is 6.28. The van der Waals surface area contributed by atoms with Gasteiger partial charge in [-0.1, -0.05) is 23.5 Å². The molecule has 1 aromatic carbocycles. The van der Waals surface area contributed by atoms with E-state index in [4.69, 9.17) is 9.15 Å². The monoisotopic (exact) mass is 372 g/mol. The van der Waals surface area contributed by atoms with Crippen LogP contribution >= 0.6 is 11.3 Å². The summed E-state index contributed by atoms with van der Waals surface area (Å²) in [6, 6.07) is 9.74. The predicted molar refractivity (Wildman–Crippen MR) is 96.2 cm³/mol. The number of ether oxygens (including phenoxy) is 1. The molecule has 0 bridgehead atoms. The van der Waals surface area contributed by atoms with Gasteiger partial charge in [0.05, 0.1) is 13.4 Å². The van der Waals surface area contributed by atoms with Gasteiger partial charge < -0.3 is 14.5 Å². The molecule has 134 valence electrons. The highest BCUT2D eigenvalue weighted by atomic mass is 32.1. The van der Waals surface area contributed by atoms with Gasteiger partial charge in [-0.15, -0.1) is 10.2 Å². The Bertz CT molecular complexity index is 907. The Balaban J connectivity index is 1.62. The number of carbonyl (C=O) groups is 2. The summed E-state index contributed by atoms with van der Waals surface area (Å²) in [5.41, 5.74) is 0.835. The Morgan fingerprint density at radius 2 is 2.08 bits per heavy atom. The summed E-state index contributed by atoms with van der Waals surface area (Å²) in [6.07, 6.45) is 1.39. The van der Waals surface area contributed by atoms with E-state index in [9.17, 15) is 9.59 Å². The summed E-state index contributed by atoms with van der Waals surface area (Å²) in [5.74, 6) is -0.0244. The lowest BCUT2D eigenvalue weighted by atomic mass is 10.2. The number of benzene rings is 1. The molecule has 2 heterocycles. The van der Waals surface area contributed by atoms with E-state index in [1.807, 2.05) is 24.3 Å². The molecule has 2 N–H and O–H groups in total. The third kappa shape index (κ3) is 4.06. The van der Waals surface area contributed by atoms with Gasteiger partial charge in [0.1, 0.15) is 16.8 Å². The fourth-order valence-electron chi connectivity index (χ4n) is 2.10. The van der Waals surface area contributed by atoms with Gasteiger partial charge in [0.15, 0.2) is 5.76 Å². The van der Waals surface area contributed by atoms with E-state index in [0.29, 0.717) is 15.9 Å². The van der Waals surface area contributed by atoms with Crippen LogP contribution in [0.25, 0.3) is 10.6 Å². The van der Waals surface area contributed by atoms with Gasteiger partial charge in [-0.25, -0.2) is 0 Å². The number of hydrogen-bond donors (Lipinski definition) is 2. The SMILES string of the molecule is COc1cccc(-c2nnc(NC(=O)[C@@H](C)NC(=O)c3ccco3)s2)c1. The first-order valence-electron chi connectivity index (χ1n) is 7.70. The van der Waals surface area contributed by atoms with Crippen LogP contribution in [0.2, 0.25) is 0 Å². The molecule has 3 aromatic rings. The summed E-state index contributed by atoms with van der Waals surface area (Å²) < 4.78 is 10.2. The van der Waals surface area contributed by atoms with E-state index in [0.717, 1.165) is 5.56 Å². The highest BCUT2D eigenvalue weighted by molar-refractivity contribution is 7.18. The second-order valence-electron chi connectivity index (χ2n) is 5.31. The Hall–Kier alpha value is -3.20. The van der Waals surface area contributed by atoms with Crippen LogP contribution < -0.4 is 15.4 Å². The van der Waals surface area contributed by atoms with Crippen molar-refractivity contribution in [1.29, 1.82) is 0 Å². The summed E-state index contributed by atoms with van der Waals surface area (Å²) in [7, 11) is 1.59. The molecule has 0 saturated carbocycles. The Kier molecular flexibility index (Phi) is 5.28. The number of methoxy groups -OCH3 is 1. The number of carbonyl (C=O) groups excluding carboxylic acids is 2. The van der Waals surface area contributed by atoms with Gasteiger partial charge in [-0.3, -0.25) is 14.9 Å². The molecule has 0 fully saturated rings. The summed E-state index contributed by atoms with van der Waals surface area (Å²) in [4.78, 5) is 24.1. The second kappa shape index (κ2) is 7.79. The minimum absolute atomic E-state index is 0.140. The standard InChI is InChI=1S/C17H16N4O4S/c1-10(18-15(23)13-7-4-8-25-13)14(22)19-17-21-20-16(26-17)11-5-3-6-12(9-11)24-2/h3-10H,1-2H3,(H,18,23)(H,19,21,22)/t10-/m1/s1. The zero-order chi connectivity index (χ0) is 18.5. The number of rotatable bonds is 6. The first-order valence-corrected chi connectivity index (χ1v) is 8.51. The Labute approximate surface area is 153 Å². The number of aromatic nitrogens is 2. The summed E-state index contributed by atoms with van der Waals surface area (Å²) >= 11 is 1.23. The molecular weight excluding hydrogens is 356 g/mol. The molecule has 0 aliphatic carbocycles. The lowest BCUT2D eigenvalue weighted by Crippen LogP contribution is -2.41. The van der Waals surface area contributed by atoms with Gasteiger partial charge in [0, 0.05) is 5.56 Å². The summed E-state index contributed by atoms with van der Waals surface area (Å²) in [6.45, 7) is 1.57. The fraction of sp³-hybridized carbons (Fsp3) is 0.176. The molecule has 1 atom stereocenters. The molecular formula is C17H16N4O4S. The van der Waals surface area contributed by atoms with E-state index >= 15 is 0 Å². The van der Waals surface area contributed by atoms with E-state index in [2.05, 4.69) is 20.8 Å². The number of amides is 2. The molecule has 0 unspecified atom stereocenters. The number of nitrogens with one attached hydrogen (secondary N) is 2. The maximum atomic E-state index is 12.2. The maximum absolute atomic E-state index is 12.2. The third-order valence-electron chi connectivity index (χ3n) is 3.46. The van der Waals surface area contributed by atoms with E-state index in [-0.39, 0.29) is 5.76 Å². The van der Waals surface area contributed by atoms with Crippen LogP contribution in [0.3, 0.4) is 0 Å². The third-order valence-corrected chi connectivity index (χ3v) is 4.35. The van der Waals surface area contributed by atoms with Crippen LogP contribution in [0.5, 0.6) is 5.75 Å². The van der Waals surface area contributed by atoms with Crippen molar-refractivity contribution in [3.63, 3.8) is 0 Å². The Morgan fingerprint density at radius 1 is 1.23 bits per heavy atom. The van der Waals surface area contributed by atoms with Gasteiger partial charge in [0.25, 0.3) is 5.91 Å². The van der Waals surface area contributed by atoms with Crippen molar-refractivity contribution >= 4 is 28.3 Å². The van der Waals surface area contributed by atoms with Crippen molar-refractivity contribution in [1.82, 2.24) is 15.5 Å². The fourth-order valence-corrected chi connectivity index (χ4v) is 2.84. The van der Waals surface area contributed by atoms with Crippen molar-refractivity contribution < 1.29 is 18.7 Å². The van der Waals surface area contributed by atoms with Crippen LogP contribution in [-0.4, -0.2) is 35.2 Å². The minimum Gasteiger partial charge on any atom is -0.497 e. The lowest BCUT2D eigenvalue weighted by Gasteiger charge is -2.11. The van der Waals surface area contributed by atoms with Crippen molar-refractivity contribution in [3.05, 3.63) is 48.4 Å². The lowest BCUT2D eigenvalue weighted by molar-refractivity contribution is -0.117. The molecule has 2 amide bonds. The number of nitrogens with zero attached hydrogens (tertiary/aromatic N) is 2.